The van der Waals surface area contributed by atoms with Gasteiger partial charge in [0.05, 0.1) is 0 Å². The first kappa shape index (κ1) is 14.1. The van der Waals surface area contributed by atoms with Gasteiger partial charge in [-0.3, -0.25) is 0 Å². The highest BCUT2D eigenvalue weighted by molar-refractivity contribution is 5.41. The summed E-state index contributed by atoms with van der Waals surface area (Å²) in [6.07, 6.45) is 5.59. The Morgan fingerprint density at radius 1 is 1.47 bits per heavy atom. The largest absolute Gasteiger partial charge is 0.370 e. The SMILES string of the molecule is CC(C)CCNc1ccnc(N2CCCC(C)C2)n1. The Balaban J connectivity index is 1.94. The minimum absolute atomic E-state index is 0.719. The number of anilines is 2. The molecule has 2 rings (SSSR count). The maximum atomic E-state index is 4.63. The molecule has 2 heterocycles. The van der Waals surface area contributed by atoms with Gasteiger partial charge in [-0.2, -0.15) is 4.98 Å². The van der Waals surface area contributed by atoms with Gasteiger partial charge >= 0.3 is 0 Å². The van der Waals surface area contributed by atoms with Gasteiger partial charge in [0.2, 0.25) is 5.95 Å². The van der Waals surface area contributed by atoms with Crippen molar-refractivity contribution in [3.05, 3.63) is 12.3 Å². The van der Waals surface area contributed by atoms with Crippen LogP contribution in [0.5, 0.6) is 0 Å². The molecule has 1 atom stereocenters. The molecule has 0 aliphatic carbocycles. The van der Waals surface area contributed by atoms with Gasteiger partial charge in [-0.05, 0) is 37.2 Å². The number of nitrogens with zero attached hydrogens (tertiary/aromatic N) is 3. The van der Waals surface area contributed by atoms with E-state index in [4.69, 9.17) is 0 Å². The van der Waals surface area contributed by atoms with Crippen molar-refractivity contribution in [2.45, 2.75) is 40.0 Å². The third kappa shape index (κ3) is 4.37. The molecule has 0 spiro atoms. The molecule has 4 heteroatoms. The lowest BCUT2D eigenvalue weighted by molar-refractivity contribution is 0.442. The second-order valence-electron chi connectivity index (χ2n) is 6.04. The lowest BCUT2D eigenvalue weighted by Crippen LogP contribution is -2.35. The first-order chi connectivity index (χ1) is 9.15. The molecule has 0 aromatic carbocycles. The lowest BCUT2D eigenvalue weighted by atomic mass is 10.0. The first-order valence-electron chi connectivity index (χ1n) is 7.47. The highest BCUT2D eigenvalue weighted by atomic mass is 15.3. The quantitative estimate of drug-likeness (QED) is 0.885. The summed E-state index contributed by atoms with van der Waals surface area (Å²) in [5.41, 5.74) is 0. The number of aromatic nitrogens is 2. The fourth-order valence-electron chi connectivity index (χ4n) is 2.46. The standard InChI is InChI=1S/C15H26N4/c1-12(2)6-8-16-14-7-9-17-15(18-14)19-10-4-5-13(3)11-19/h7,9,12-13H,4-6,8,10-11H2,1-3H3,(H,16,17,18). The molecule has 0 saturated carbocycles. The summed E-state index contributed by atoms with van der Waals surface area (Å²) in [7, 11) is 0. The van der Waals surface area contributed by atoms with Crippen molar-refractivity contribution in [1.29, 1.82) is 0 Å². The summed E-state index contributed by atoms with van der Waals surface area (Å²) < 4.78 is 0. The zero-order chi connectivity index (χ0) is 13.7. The van der Waals surface area contributed by atoms with E-state index < -0.39 is 0 Å². The molecule has 19 heavy (non-hydrogen) atoms. The van der Waals surface area contributed by atoms with E-state index in [1.165, 1.54) is 19.3 Å². The van der Waals surface area contributed by atoms with Crippen LogP contribution in [0.2, 0.25) is 0 Å². The van der Waals surface area contributed by atoms with Crippen LogP contribution in [0.1, 0.15) is 40.0 Å². The van der Waals surface area contributed by atoms with E-state index in [1.807, 2.05) is 12.3 Å². The van der Waals surface area contributed by atoms with E-state index >= 15 is 0 Å². The van der Waals surface area contributed by atoms with E-state index in [2.05, 4.69) is 41.0 Å². The van der Waals surface area contributed by atoms with Gasteiger partial charge in [0.1, 0.15) is 5.82 Å². The summed E-state index contributed by atoms with van der Waals surface area (Å²) in [5.74, 6) is 3.29. The van der Waals surface area contributed by atoms with Crippen molar-refractivity contribution >= 4 is 11.8 Å². The molecule has 106 valence electrons. The number of piperidine rings is 1. The Hall–Kier alpha value is -1.32. The van der Waals surface area contributed by atoms with Gasteiger partial charge in [0.15, 0.2) is 0 Å². The second-order valence-corrected chi connectivity index (χ2v) is 6.04. The predicted octanol–water partition coefficient (Wildman–Crippen LogP) is 3.17. The Labute approximate surface area is 116 Å². The first-order valence-corrected chi connectivity index (χ1v) is 7.47. The highest BCUT2D eigenvalue weighted by Crippen LogP contribution is 2.20. The highest BCUT2D eigenvalue weighted by Gasteiger charge is 2.18. The molecular formula is C15H26N4. The van der Waals surface area contributed by atoms with E-state index in [0.717, 1.165) is 43.2 Å². The van der Waals surface area contributed by atoms with Gasteiger partial charge < -0.3 is 10.2 Å². The fraction of sp³-hybridized carbons (Fsp3) is 0.733. The topological polar surface area (TPSA) is 41.1 Å². The van der Waals surface area contributed by atoms with Gasteiger partial charge in [-0.1, -0.05) is 20.8 Å². The van der Waals surface area contributed by atoms with Crippen molar-refractivity contribution in [3.8, 4) is 0 Å². The molecular weight excluding hydrogens is 236 g/mol. The molecule has 1 fully saturated rings. The van der Waals surface area contributed by atoms with Crippen LogP contribution >= 0.6 is 0 Å². The molecule has 0 radical (unpaired) electrons. The molecule has 0 bridgehead atoms. The summed E-state index contributed by atoms with van der Waals surface area (Å²) in [6, 6.07) is 1.96. The maximum absolute atomic E-state index is 4.63. The minimum Gasteiger partial charge on any atom is -0.370 e. The van der Waals surface area contributed by atoms with Gasteiger partial charge in [-0.15, -0.1) is 0 Å². The van der Waals surface area contributed by atoms with Crippen LogP contribution in [-0.4, -0.2) is 29.6 Å². The van der Waals surface area contributed by atoms with Gasteiger partial charge in [-0.25, -0.2) is 4.98 Å². The van der Waals surface area contributed by atoms with Crippen LogP contribution in [0.25, 0.3) is 0 Å². The average Bonchev–Trinajstić information content (AvgIpc) is 2.39. The Morgan fingerprint density at radius 3 is 3.05 bits per heavy atom. The predicted molar refractivity (Wildman–Crippen MR) is 80.6 cm³/mol. The summed E-state index contributed by atoms with van der Waals surface area (Å²) in [5, 5.41) is 3.39. The van der Waals surface area contributed by atoms with Crippen LogP contribution in [-0.2, 0) is 0 Å². The third-order valence-electron chi connectivity index (χ3n) is 3.61. The minimum atomic E-state index is 0.719. The smallest absolute Gasteiger partial charge is 0.227 e. The molecule has 1 aromatic heterocycles. The van der Waals surface area contributed by atoms with Crippen LogP contribution in [0.4, 0.5) is 11.8 Å². The van der Waals surface area contributed by atoms with E-state index in [-0.39, 0.29) is 0 Å². The van der Waals surface area contributed by atoms with E-state index in [0.29, 0.717) is 0 Å². The summed E-state index contributed by atoms with van der Waals surface area (Å²) >= 11 is 0. The van der Waals surface area contributed by atoms with Gasteiger partial charge in [0, 0.05) is 25.8 Å². The normalized spacial score (nSPS) is 19.8. The molecule has 0 amide bonds. The second kappa shape index (κ2) is 6.73. The van der Waals surface area contributed by atoms with Crippen molar-refractivity contribution in [2.24, 2.45) is 11.8 Å². The fourth-order valence-corrected chi connectivity index (χ4v) is 2.46. The Bertz CT molecular complexity index is 391. The monoisotopic (exact) mass is 262 g/mol. The Kier molecular flexibility index (Phi) is 5.00. The zero-order valence-corrected chi connectivity index (χ0v) is 12.4. The number of hydrogen-bond donors (Lipinski definition) is 1. The maximum Gasteiger partial charge on any atom is 0.227 e. The Morgan fingerprint density at radius 2 is 2.32 bits per heavy atom. The molecule has 1 N–H and O–H groups in total. The van der Waals surface area contributed by atoms with Crippen molar-refractivity contribution < 1.29 is 0 Å². The average molecular weight is 262 g/mol. The summed E-state index contributed by atoms with van der Waals surface area (Å²) in [6.45, 7) is 9.92. The van der Waals surface area contributed by atoms with Gasteiger partial charge in [0.25, 0.3) is 0 Å². The number of hydrogen-bond acceptors (Lipinski definition) is 4. The van der Waals surface area contributed by atoms with Crippen molar-refractivity contribution in [2.75, 3.05) is 29.9 Å². The third-order valence-corrected chi connectivity index (χ3v) is 3.61. The van der Waals surface area contributed by atoms with Crippen LogP contribution in [0, 0.1) is 11.8 Å². The molecule has 1 aliphatic heterocycles. The zero-order valence-electron chi connectivity index (χ0n) is 12.4. The number of nitrogens with one attached hydrogen (secondary N) is 1. The van der Waals surface area contributed by atoms with Crippen LogP contribution in [0.15, 0.2) is 12.3 Å². The molecule has 1 aliphatic rings. The molecule has 1 saturated heterocycles. The van der Waals surface area contributed by atoms with Crippen LogP contribution in [0.3, 0.4) is 0 Å². The van der Waals surface area contributed by atoms with Crippen LogP contribution < -0.4 is 10.2 Å². The van der Waals surface area contributed by atoms with Crippen molar-refractivity contribution in [1.82, 2.24) is 9.97 Å². The number of rotatable bonds is 5. The van der Waals surface area contributed by atoms with E-state index in [1.54, 1.807) is 0 Å². The van der Waals surface area contributed by atoms with Crippen molar-refractivity contribution in [3.63, 3.8) is 0 Å². The molecule has 1 unspecified atom stereocenters. The molecule has 4 nitrogen and oxygen atoms in total. The summed E-state index contributed by atoms with van der Waals surface area (Å²) in [4.78, 5) is 11.4. The molecule has 1 aromatic rings. The lowest BCUT2D eigenvalue weighted by Gasteiger charge is -2.30. The van der Waals surface area contributed by atoms with E-state index in [9.17, 15) is 0 Å².